The lowest BCUT2D eigenvalue weighted by Crippen LogP contribution is -2.39. The summed E-state index contributed by atoms with van der Waals surface area (Å²) >= 11 is 0. The predicted octanol–water partition coefficient (Wildman–Crippen LogP) is 3.33. The number of hydrogen-bond acceptors (Lipinski definition) is 2. The van der Waals surface area contributed by atoms with Crippen LogP contribution in [0.25, 0.3) is 0 Å². The highest BCUT2D eigenvalue weighted by molar-refractivity contribution is 5.39. The number of hydrogen-bond donors (Lipinski definition) is 1. The van der Waals surface area contributed by atoms with Crippen molar-refractivity contribution in [2.75, 3.05) is 6.54 Å². The van der Waals surface area contributed by atoms with Crippen LogP contribution in [0.15, 0.2) is 24.3 Å². The molecule has 0 saturated carbocycles. The van der Waals surface area contributed by atoms with Crippen molar-refractivity contribution in [3.8, 4) is 5.75 Å². The summed E-state index contributed by atoms with van der Waals surface area (Å²) in [5.74, 6) is 1.61. The van der Waals surface area contributed by atoms with E-state index in [1.807, 2.05) is 6.07 Å². The quantitative estimate of drug-likeness (QED) is 0.864. The molecule has 0 aliphatic carbocycles. The molecular formula is C15H23NO. The highest BCUT2D eigenvalue weighted by atomic mass is 16.5. The van der Waals surface area contributed by atoms with Gasteiger partial charge in [0.25, 0.3) is 0 Å². The topological polar surface area (TPSA) is 21.3 Å². The smallest absolute Gasteiger partial charge is 0.123 e. The van der Waals surface area contributed by atoms with Crippen molar-refractivity contribution >= 4 is 0 Å². The van der Waals surface area contributed by atoms with Crippen LogP contribution in [0.5, 0.6) is 5.75 Å². The van der Waals surface area contributed by atoms with Crippen LogP contribution in [0.1, 0.15) is 45.6 Å². The summed E-state index contributed by atoms with van der Waals surface area (Å²) in [4.78, 5) is 0. The Balaban J connectivity index is 2.20. The highest BCUT2D eigenvalue weighted by Crippen LogP contribution is 2.40. The maximum Gasteiger partial charge on any atom is 0.123 e. The Labute approximate surface area is 104 Å². The standard InChI is InChI=1S/C15H23NO/c1-11(2)16-10-12-9-15(3,4)17-14-8-6-5-7-13(12)14/h5-8,11-12,16H,9-10H2,1-4H3. The predicted molar refractivity (Wildman–Crippen MR) is 71.6 cm³/mol. The first kappa shape index (κ1) is 12.4. The molecule has 0 saturated heterocycles. The molecule has 17 heavy (non-hydrogen) atoms. The Bertz CT molecular complexity index is 384. The zero-order chi connectivity index (χ0) is 12.5. The summed E-state index contributed by atoms with van der Waals surface area (Å²) in [5, 5.41) is 3.54. The largest absolute Gasteiger partial charge is 0.488 e. The summed E-state index contributed by atoms with van der Waals surface area (Å²) in [6, 6.07) is 8.96. The Hall–Kier alpha value is -1.02. The number of para-hydroxylation sites is 1. The van der Waals surface area contributed by atoms with Gasteiger partial charge in [0.1, 0.15) is 11.4 Å². The second-order valence-corrected chi connectivity index (χ2v) is 5.86. The van der Waals surface area contributed by atoms with Crippen molar-refractivity contribution in [3.63, 3.8) is 0 Å². The fourth-order valence-corrected chi connectivity index (χ4v) is 2.51. The van der Waals surface area contributed by atoms with Crippen LogP contribution in [0, 0.1) is 0 Å². The first-order chi connectivity index (χ1) is 7.98. The molecule has 0 amide bonds. The maximum absolute atomic E-state index is 6.03. The fourth-order valence-electron chi connectivity index (χ4n) is 2.51. The van der Waals surface area contributed by atoms with E-state index in [4.69, 9.17) is 4.74 Å². The molecule has 2 nitrogen and oxygen atoms in total. The van der Waals surface area contributed by atoms with E-state index in [1.54, 1.807) is 0 Å². The van der Waals surface area contributed by atoms with Gasteiger partial charge >= 0.3 is 0 Å². The molecule has 0 radical (unpaired) electrons. The molecule has 2 heteroatoms. The molecule has 1 atom stereocenters. The normalized spacial score (nSPS) is 22.1. The second-order valence-electron chi connectivity index (χ2n) is 5.86. The van der Waals surface area contributed by atoms with Gasteiger partial charge in [0.05, 0.1) is 0 Å². The van der Waals surface area contributed by atoms with E-state index in [-0.39, 0.29) is 5.60 Å². The Morgan fingerprint density at radius 1 is 1.35 bits per heavy atom. The van der Waals surface area contributed by atoms with E-state index in [0.717, 1.165) is 18.7 Å². The molecule has 94 valence electrons. The number of fused-ring (bicyclic) bond motifs is 1. The average Bonchev–Trinajstić information content (AvgIpc) is 2.24. The number of ether oxygens (including phenoxy) is 1. The van der Waals surface area contributed by atoms with Crippen molar-refractivity contribution < 1.29 is 4.74 Å². The van der Waals surface area contributed by atoms with Crippen molar-refractivity contribution in [3.05, 3.63) is 29.8 Å². The molecular weight excluding hydrogens is 210 g/mol. The van der Waals surface area contributed by atoms with E-state index >= 15 is 0 Å². The fraction of sp³-hybridized carbons (Fsp3) is 0.600. The van der Waals surface area contributed by atoms with Crippen LogP contribution in [0.2, 0.25) is 0 Å². The van der Waals surface area contributed by atoms with E-state index in [1.165, 1.54) is 5.56 Å². The molecule has 2 rings (SSSR count). The SMILES string of the molecule is CC(C)NCC1CC(C)(C)Oc2ccccc21. The number of nitrogens with one attached hydrogen (secondary N) is 1. The first-order valence-electron chi connectivity index (χ1n) is 6.49. The van der Waals surface area contributed by atoms with Crippen molar-refractivity contribution in [1.82, 2.24) is 5.32 Å². The van der Waals surface area contributed by atoms with Crippen molar-refractivity contribution in [2.45, 2.75) is 51.7 Å². The van der Waals surface area contributed by atoms with Crippen LogP contribution >= 0.6 is 0 Å². The maximum atomic E-state index is 6.03. The zero-order valence-corrected chi connectivity index (χ0v) is 11.3. The molecule has 1 unspecified atom stereocenters. The van der Waals surface area contributed by atoms with Crippen LogP contribution < -0.4 is 10.1 Å². The summed E-state index contributed by atoms with van der Waals surface area (Å²) in [6.07, 6.45) is 1.07. The number of rotatable bonds is 3. The van der Waals surface area contributed by atoms with Gasteiger partial charge in [0.2, 0.25) is 0 Å². The van der Waals surface area contributed by atoms with Crippen LogP contribution in [0.4, 0.5) is 0 Å². The highest BCUT2D eigenvalue weighted by Gasteiger charge is 2.33. The molecule has 0 bridgehead atoms. The third-order valence-corrected chi connectivity index (χ3v) is 3.26. The lowest BCUT2D eigenvalue weighted by atomic mass is 9.84. The summed E-state index contributed by atoms with van der Waals surface area (Å²) in [7, 11) is 0. The van der Waals surface area contributed by atoms with Gasteiger partial charge in [0.15, 0.2) is 0 Å². The Morgan fingerprint density at radius 2 is 2.06 bits per heavy atom. The molecule has 1 N–H and O–H groups in total. The molecule has 1 aliphatic heterocycles. The lowest BCUT2D eigenvalue weighted by molar-refractivity contribution is 0.0714. The van der Waals surface area contributed by atoms with Crippen LogP contribution in [-0.4, -0.2) is 18.2 Å². The van der Waals surface area contributed by atoms with Gasteiger partial charge in [0, 0.05) is 18.5 Å². The minimum Gasteiger partial charge on any atom is -0.488 e. The van der Waals surface area contributed by atoms with Crippen LogP contribution in [-0.2, 0) is 0 Å². The molecule has 1 aromatic carbocycles. The van der Waals surface area contributed by atoms with Gasteiger partial charge in [-0.05, 0) is 31.9 Å². The molecule has 1 aromatic rings. The van der Waals surface area contributed by atoms with E-state index in [0.29, 0.717) is 12.0 Å². The molecule has 1 aliphatic rings. The Morgan fingerprint density at radius 3 is 2.76 bits per heavy atom. The van der Waals surface area contributed by atoms with E-state index < -0.39 is 0 Å². The molecule has 0 aromatic heterocycles. The monoisotopic (exact) mass is 233 g/mol. The van der Waals surface area contributed by atoms with E-state index in [2.05, 4.69) is 51.2 Å². The van der Waals surface area contributed by atoms with Crippen LogP contribution in [0.3, 0.4) is 0 Å². The van der Waals surface area contributed by atoms with Gasteiger partial charge < -0.3 is 10.1 Å². The molecule has 0 spiro atoms. The minimum absolute atomic E-state index is 0.0579. The molecule has 1 heterocycles. The summed E-state index contributed by atoms with van der Waals surface area (Å²) < 4.78 is 6.03. The third-order valence-electron chi connectivity index (χ3n) is 3.26. The second kappa shape index (κ2) is 4.69. The third kappa shape index (κ3) is 3.01. The van der Waals surface area contributed by atoms with Gasteiger partial charge in [-0.2, -0.15) is 0 Å². The Kier molecular flexibility index (Phi) is 3.43. The average molecular weight is 233 g/mol. The van der Waals surface area contributed by atoms with Gasteiger partial charge in [-0.3, -0.25) is 0 Å². The zero-order valence-electron chi connectivity index (χ0n) is 11.3. The minimum atomic E-state index is -0.0579. The summed E-state index contributed by atoms with van der Waals surface area (Å²) in [5.41, 5.74) is 1.29. The lowest BCUT2D eigenvalue weighted by Gasteiger charge is -2.38. The van der Waals surface area contributed by atoms with Crippen molar-refractivity contribution in [2.24, 2.45) is 0 Å². The molecule has 0 fully saturated rings. The van der Waals surface area contributed by atoms with Gasteiger partial charge in [-0.25, -0.2) is 0 Å². The summed E-state index contributed by atoms with van der Waals surface area (Å²) in [6.45, 7) is 9.75. The van der Waals surface area contributed by atoms with E-state index in [9.17, 15) is 0 Å². The van der Waals surface area contributed by atoms with Gasteiger partial charge in [-0.15, -0.1) is 0 Å². The van der Waals surface area contributed by atoms with Crippen molar-refractivity contribution in [1.29, 1.82) is 0 Å². The van der Waals surface area contributed by atoms with Gasteiger partial charge in [-0.1, -0.05) is 32.0 Å². The number of benzene rings is 1. The first-order valence-corrected chi connectivity index (χ1v) is 6.49.